The summed E-state index contributed by atoms with van der Waals surface area (Å²) in [5.41, 5.74) is 1.50. The molecule has 0 aliphatic carbocycles. The van der Waals surface area contributed by atoms with Gasteiger partial charge in [-0.2, -0.15) is 4.98 Å². The first-order chi connectivity index (χ1) is 16.8. The van der Waals surface area contributed by atoms with Gasteiger partial charge in [0, 0.05) is 24.3 Å². The summed E-state index contributed by atoms with van der Waals surface area (Å²) < 4.78 is 38.6. The van der Waals surface area contributed by atoms with Crippen molar-refractivity contribution in [3.05, 3.63) is 59.5 Å². The summed E-state index contributed by atoms with van der Waals surface area (Å²) in [6.45, 7) is 2.97. The van der Waals surface area contributed by atoms with Gasteiger partial charge < -0.3 is 14.2 Å². The van der Waals surface area contributed by atoms with E-state index in [0.717, 1.165) is 25.7 Å². The maximum Gasteiger partial charge on any atom is 0.337 e. The number of carbonyl (C=O) groups is 2. The Bertz CT molecular complexity index is 1330. The van der Waals surface area contributed by atoms with Crippen molar-refractivity contribution in [2.24, 2.45) is 0 Å². The summed E-state index contributed by atoms with van der Waals surface area (Å²) in [6.07, 6.45) is 4.04. The Labute approximate surface area is 203 Å². The minimum atomic E-state index is -3.97. The number of hydrogen-bond donors (Lipinski definition) is 1. The molecule has 1 aliphatic heterocycles. The largest absolute Gasteiger partial charge is 0.465 e. The standard InChI is InChI=1S/C24H26N4O6S/c1-16-7-8-18(21-25-22(34-26-21)23(29)28-13-5-3-4-6-14-28)15-20(16)35(31,32)27-19-11-9-17(10-12-19)24(30)33-2/h7-12,15,27H,3-6,13-14H2,1-2H3. The van der Waals surface area contributed by atoms with Gasteiger partial charge in [-0.05, 0) is 55.7 Å². The summed E-state index contributed by atoms with van der Waals surface area (Å²) in [6, 6.07) is 10.6. The number of benzene rings is 2. The molecule has 3 aromatic rings. The van der Waals surface area contributed by atoms with Gasteiger partial charge in [-0.15, -0.1) is 0 Å². The Morgan fingerprint density at radius 3 is 2.37 bits per heavy atom. The highest BCUT2D eigenvalue weighted by Gasteiger charge is 2.25. The number of anilines is 1. The molecule has 0 saturated carbocycles. The Hall–Kier alpha value is -3.73. The second kappa shape index (κ2) is 10.3. The summed E-state index contributed by atoms with van der Waals surface area (Å²) >= 11 is 0. The molecule has 0 atom stereocenters. The highest BCUT2D eigenvalue weighted by molar-refractivity contribution is 7.92. The fraction of sp³-hybridized carbons (Fsp3) is 0.333. The van der Waals surface area contributed by atoms with Gasteiger partial charge in [-0.3, -0.25) is 9.52 Å². The molecule has 11 heteroatoms. The molecule has 2 aromatic carbocycles. The molecule has 0 radical (unpaired) electrons. The van der Waals surface area contributed by atoms with Crippen molar-refractivity contribution < 1.29 is 27.3 Å². The molecule has 184 valence electrons. The molecule has 1 aliphatic rings. The predicted molar refractivity (Wildman–Crippen MR) is 127 cm³/mol. The number of ether oxygens (including phenoxy) is 1. The molecule has 2 heterocycles. The van der Waals surface area contributed by atoms with Gasteiger partial charge in [0.2, 0.25) is 5.82 Å². The van der Waals surface area contributed by atoms with Crippen LogP contribution in [0.15, 0.2) is 51.9 Å². The Morgan fingerprint density at radius 2 is 1.71 bits per heavy atom. The van der Waals surface area contributed by atoms with Crippen LogP contribution in [0.3, 0.4) is 0 Å². The van der Waals surface area contributed by atoms with Crippen molar-refractivity contribution in [3.63, 3.8) is 0 Å². The highest BCUT2D eigenvalue weighted by Crippen LogP contribution is 2.26. The van der Waals surface area contributed by atoms with E-state index >= 15 is 0 Å². The van der Waals surface area contributed by atoms with E-state index < -0.39 is 16.0 Å². The van der Waals surface area contributed by atoms with Gasteiger partial charge in [-0.25, -0.2) is 13.2 Å². The van der Waals surface area contributed by atoms with Crippen LogP contribution in [-0.2, 0) is 14.8 Å². The number of rotatable bonds is 6. The number of carbonyl (C=O) groups excluding carboxylic acids is 2. The number of aromatic nitrogens is 2. The van der Waals surface area contributed by atoms with E-state index in [9.17, 15) is 18.0 Å². The minimum Gasteiger partial charge on any atom is -0.465 e. The zero-order valence-corrected chi connectivity index (χ0v) is 20.3. The number of aryl methyl sites for hydroxylation is 1. The van der Waals surface area contributed by atoms with Crippen LogP contribution in [-0.4, -0.2) is 55.5 Å². The molecule has 4 rings (SSSR count). The van der Waals surface area contributed by atoms with Crippen LogP contribution in [0.2, 0.25) is 0 Å². The molecular weight excluding hydrogens is 472 g/mol. The third kappa shape index (κ3) is 5.51. The van der Waals surface area contributed by atoms with E-state index in [4.69, 9.17) is 4.52 Å². The van der Waals surface area contributed by atoms with E-state index in [0.29, 0.717) is 29.8 Å². The van der Waals surface area contributed by atoms with Crippen molar-refractivity contribution >= 4 is 27.6 Å². The first-order valence-electron chi connectivity index (χ1n) is 11.2. The van der Waals surface area contributed by atoms with Crippen LogP contribution in [0.25, 0.3) is 11.4 Å². The SMILES string of the molecule is COC(=O)c1ccc(NS(=O)(=O)c2cc(-c3noc(C(=O)N4CCCCCC4)n3)ccc2C)cc1. The lowest BCUT2D eigenvalue weighted by Crippen LogP contribution is -2.32. The topological polar surface area (TPSA) is 132 Å². The van der Waals surface area contributed by atoms with Crippen molar-refractivity contribution in [2.45, 2.75) is 37.5 Å². The van der Waals surface area contributed by atoms with Gasteiger partial charge >= 0.3 is 17.8 Å². The summed E-state index contributed by atoms with van der Waals surface area (Å²) in [7, 11) is -2.70. The number of methoxy groups -OCH3 is 1. The number of nitrogens with one attached hydrogen (secondary N) is 1. The number of esters is 1. The van der Waals surface area contributed by atoms with Crippen molar-refractivity contribution in [1.82, 2.24) is 15.0 Å². The number of amides is 1. The smallest absolute Gasteiger partial charge is 0.337 e. The van der Waals surface area contributed by atoms with Gasteiger partial charge in [0.1, 0.15) is 0 Å². The molecule has 0 bridgehead atoms. The minimum absolute atomic E-state index is 0.0252. The van der Waals surface area contributed by atoms with E-state index in [2.05, 4.69) is 19.6 Å². The fourth-order valence-electron chi connectivity index (χ4n) is 3.87. The second-order valence-corrected chi connectivity index (χ2v) is 9.94. The zero-order valence-electron chi connectivity index (χ0n) is 19.5. The van der Waals surface area contributed by atoms with Crippen LogP contribution in [0.5, 0.6) is 0 Å². The van der Waals surface area contributed by atoms with Crippen molar-refractivity contribution in [3.8, 4) is 11.4 Å². The molecule has 0 unspecified atom stereocenters. The lowest BCUT2D eigenvalue weighted by atomic mass is 10.1. The zero-order chi connectivity index (χ0) is 25.0. The average molecular weight is 499 g/mol. The number of sulfonamides is 1. The lowest BCUT2D eigenvalue weighted by molar-refractivity contribution is 0.0600. The average Bonchev–Trinajstić information content (AvgIpc) is 3.18. The van der Waals surface area contributed by atoms with Crippen LogP contribution in [0.4, 0.5) is 5.69 Å². The maximum atomic E-state index is 13.1. The maximum absolute atomic E-state index is 13.1. The molecule has 1 N–H and O–H groups in total. The van der Waals surface area contributed by atoms with Crippen LogP contribution in [0.1, 0.15) is 52.3 Å². The molecular formula is C24H26N4O6S. The normalized spacial score (nSPS) is 14.3. The van der Waals surface area contributed by atoms with Gasteiger partial charge in [0.15, 0.2) is 0 Å². The van der Waals surface area contributed by atoms with Crippen LogP contribution in [0, 0.1) is 6.92 Å². The van der Waals surface area contributed by atoms with Gasteiger partial charge in [0.25, 0.3) is 10.0 Å². The quantitative estimate of drug-likeness (QED) is 0.510. The first kappa shape index (κ1) is 24.4. The molecule has 35 heavy (non-hydrogen) atoms. The van der Waals surface area contributed by atoms with Gasteiger partial charge in [0.05, 0.1) is 17.6 Å². The molecule has 1 saturated heterocycles. The summed E-state index contributed by atoms with van der Waals surface area (Å²) in [5.74, 6) is -0.822. The van der Waals surface area contributed by atoms with Crippen LogP contribution >= 0.6 is 0 Å². The summed E-state index contributed by atoms with van der Waals surface area (Å²) in [5, 5.41) is 3.90. The third-order valence-electron chi connectivity index (χ3n) is 5.80. The molecule has 0 spiro atoms. The van der Waals surface area contributed by atoms with E-state index in [1.807, 2.05) is 0 Å². The third-order valence-corrected chi connectivity index (χ3v) is 7.32. The van der Waals surface area contributed by atoms with Crippen molar-refractivity contribution in [1.29, 1.82) is 0 Å². The second-order valence-electron chi connectivity index (χ2n) is 8.28. The number of nitrogens with zero attached hydrogens (tertiary/aromatic N) is 3. The van der Waals surface area contributed by atoms with E-state index in [-0.39, 0.29) is 28.2 Å². The molecule has 1 aromatic heterocycles. The number of hydrogen-bond acceptors (Lipinski definition) is 8. The molecule has 10 nitrogen and oxygen atoms in total. The van der Waals surface area contributed by atoms with E-state index in [1.165, 1.54) is 37.4 Å². The molecule has 1 fully saturated rings. The first-order valence-corrected chi connectivity index (χ1v) is 12.7. The van der Waals surface area contributed by atoms with Gasteiger partial charge in [-0.1, -0.05) is 30.1 Å². The lowest BCUT2D eigenvalue weighted by Gasteiger charge is -2.17. The predicted octanol–water partition coefficient (Wildman–Crippen LogP) is 3.65. The fourth-order valence-corrected chi connectivity index (χ4v) is 5.20. The Kier molecular flexibility index (Phi) is 7.15. The Morgan fingerprint density at radius 1 is 1.03 bits per heavy atom. The highest BCUT2D eigenvalue weighted by atomic mass is 32.2. The van der Waals surface area contributed by atoms with E-state index in [1.54, 1.807) is 24.0 Å². The van der Waals surface area contributed by atoms with Crippen molar-refractivity contribution in [2.75, 3.05) is 24.9 Å². The number of likely N-dealkylation sites (tertiary alicyclic amines) is 1. The Balaban J connectivity index is 1.56. The monoisotopic (exact) mass is 498 g/mol. The summed E-state index contributed by atoms with van der Waals surface area (Å²) in [4.78, 5) is 30.3. The van der Waals surface area contributed by atoms with Crippen LogP contribution < -0.4 is 4.72 Å². The molecule has 1 amide bonds.